The lowest BCUT2D eigenvalue weighted by Crippen LogP contribution is -2.11. The molecule has 5 nitrogen and oxygen atoms in total. The number of carboxylic acids is 1. The number of thiophene rings is 1. The first kappa shape index (κ1) is 12.3. The highest BCUT2D eigenvalue weighted by atomic mass is 32.1. The molecule has 0 saturated carbocycles. The van der Waals surface area contributed by atoms with Gasteiger partial charge in [0.2, 0.25) is 0 Å². The highest BCUT2D eigenvalue weighted by Crippen LogP contribution is 2.22. The van der Waals surface area contributed by atoms with Crippen molar-refractivity contribution in [2.75, 3.05) is 5.32 Å². The average Bonchev–Trinajstić information content (AvgIpc) is 2.77. The van der Waals surface area contributed by atoms with Gasteiger partial charge in [0.15, 0.2) is 0 Å². The summed E-state index contributed by atoms with van der Waals surface area (Å²) in [5.41, 5.74) is 1.24. The summed E-state index contributed by atoms with van der Waals surface area (Å²) in [5, 5.41) is 11.9. The molecule has 0 aliphatic carbocycles. The molecule has 0 bridgehead atoms. The van der Waals surface area contributed by atoms with Crippen LogP contribution in [-0.2, 0) is 0 Å². The van der Waals surface area contributed by atoms with Crippen LogP contribution in [0.3, 0.4) is 0 Å². The Balaban J connectivity index is 2.13. The number of aromatic nitrogens is 1. The lowest BCUT2D eigenvalue weighted by molar-refractivity contribution is 0.0702. The summed E-state index contributed by atoms with van der Waals surface area (Å²) in [6.07, 6.45) is 1.56. The lowest BCUT2D eigenvalue weighted by Gasteiger charge is -2.02. The number of carbonyl (C=O) groups excluding carboxylic acids is 1. The third-order valence-corrected chi connectivity index (χ3v) is 3.20. The molecule has 0 unspecified atom stereocenters. The Bertz CT molecular complexity index is 607. The van der Waals surface area contributed by atoms with Crippen LogP contribution in [0.15, 0.2) is 30.5 Å². The van der Waals surface area contributed by atoms with E-state index in [9.17, 15) is 9.59 Å². The number of aromatic carboxylic acids is 1. The van der Waals surface area contributed by atoms with E-state index in [4.69, 9.17) is 5.11 Å². The smallest absolute Gasteiger partial charge is 0.345 e. The van der Waals surface area contributed by atoms with E-state index in [1.54, 1.807) is 31.3 Å². The van der Waals surface area contributed by atoms with E-state index >= 15 is 0 Å². The van der Waals surface area contributed by atoms with Gasteiger partial charge < -0.3 is 10.4 Å². The molecule has 0 radical (unpaired) electrons. The van der Waals surface area contributed by atoms with Crippen molar-refractivity contribution in [3.8, 4) is 0 Å². The van der Waals surface area contributed by atoms with E-state index in [1.165, 1.54) is 6.07 Å². The number of carbonyl (C=O) groups is 2. The number of aryl methyl sites for hydroxylation is 1. The maximum absolute atomic E-state index is 11.9. The van der Waals surface area contributed by atoms with Crippen LogP contribution in [-0.4, -0.2) is 22.0 Å². The molecule has 1 amide bonds. The lowest BCUT2D eigenvalue weighted by atomic mass is 10.2. The van der Waals surface area contributed by atoms with Gasteiger partial charge in [0.05, 0.1) is 5.00 Å². The molecule has 0 aliphatic rings. The summed E-state index contributed by atoms with van der Waals surface area (Å²) < 4.78 is 0. The Morgan fingerprint density at radius 2 is 2.11 bits per heavy atom. The number of hydrogen-bond donors (Lipinski definition) is 2. The van der Waals surface area contributed by atoms with Crippen LogP contribution in [0, 0.1) is 6.92 Å². The van der Waals surface area contributed by atoms with Crippen molar-refractivity contribution >= 4 is 28.2 Å². The van der Waals surface area contributed by atoms with Crippen LogP contribution < -0.4 is 5.32 Å². The predicted molar refractivity (Wildman–Crippen MR) is 68.2 cm³/mol. The van der Waals surface area contributed by atoms with Gasteiger partial charge in [-0.05, 0) is 31.2 Å². The molecule has 0 aromatic carbocycles. The van der Waals surface area contributed by atoms with Gasteiger partial charge in [-0.1, -0.05) is 0 Å². The molecule has 0 spiro atoms. The van der Waals surface area contributed by atoms with Gasteiger partial charge >= 0.3 is 5.97 Å². The zero-order valence-corrected chi connectivity index (χ0v) is 10.3. The molecule has 0 saturated heterocycles. The van der Waals surface area contributed by atoms with Crippen LogP contribution in [0.1, 0.15) is 25.7 Å². The molecule has 2 N–H and O–H groups in total. The van der Waals surface area contributed by atoms with Crippen molar-refractivity contribution in [3.05, 3.63) is 46.6 Å². The van der Waals surface area contributed by atoms with Gasteiger partial charge in [0.1, 0.15) is 4.88 Å². The zero-order chi connectivity index (χ0) is 13.1. The Kier molecular flexibility index (Phi) is 3.38. The van der Waals surface area contributed by atoms with Crippen LogP contribution in [0.4, 0.5) is 5.00 Å². The van der Waals surface area contributed by atoms with Crippen molar-refractivity contribution in [2.45, 2.75) is 6.92 Å². The van der Waals surface area contributed by atoms with E-state index in [0.29, 0.717) is 10.6 Å². The van der Waals surface area contributed by atoms with Crippen LogP contribution in [0.5, 0.6) is 0 Å². The molecular formula is C12H10N2O3S. The molecule has 2 aromatic heterocycles. The highest BCUT2D eigenvalue weighted by Gasteiger charge is 2.10. The second-order valence-corrected chi connectivity index (χ2v) is 4.69. The molecule has 2 aromatic rings. The number of rotatable bonds is 3. The predicted octanol–water partition coefficient (Wildman–Crippen LogP) is 2.40. The maximum atomic E-state index is 11.9. The molecule has 0 fully saturated rings. The molecular weight excluding hydrogens is 252 g/mol. The van der Waals surface area contributed by atoms with Crippen molar-refractivity contribution in [1.29, 1.82) is 0 Å². The first-order valence-electron chi connectivity index (χ1n) is 5.13. The summed E-state index contributed by atoms with van der Waals surface area (Å²) >= 11 is 1.02. The first-order valence-corrected chi connectivity index (χ1v) is 5.95. The van der Waals surface area contributed by atoms with E-state index < -0.39 is 5.97 Å². The standard InChI is InChI=1S/C12H10N2O3S/c1-7-6-8(4-5-13-7)11(15)14-10-3-2-9(18-10)12(16)17/h2-6H,1H3,(H,14,15)(H,16,17). The number of pyridine rings is 1. The highest BCUT2D eigenvalue weighted by molar-refractivity contribution is 7.18. The van der Waals surface area contributed by atoms with Crippen LogP contribution >= 0.6 is 11.3 Å². The molecule has 2 rings (SSSR count). The van der Waals surface area contributed by atoms with Crippen molar-refractivity contribution in [2.24, 2.45) is 0 Å². The number of amides is 1. The minimum atomic E-state index is -1.000. The summed E-state index contributed by atoms with van der Waals surface area (Å²) in [6.45, 7) is 1.80. The van der Waals surface area contributed by atoms with Gasteiger partial charge in [-0.15, -0.1) is 11.3 Å². The Morgan fingerprint density at radius 3 is 2.72 bits per heavy atom. The second-order valence-electron chi connectivity index (χ2n) is 3.61. The van der Waals surface area contributed by atoms with Crippen molar-refractivity contribution in [3.63, 3.8) is 0 Å². The fourth-order valence-electron chi connectivity index (χ4n) is 1.39. The van der Waals surface area contributed by atoms with Crippen molar-refractivity contribution < 1.29 is 14.7 Å². The van der Waals surface area contributed by atoms with Gasteiger partial charge in [0.25, 0.3) is 5.91 Å². The molecule has 0 atom stereocenters. The fourth-order valence-corrected chi connectivity index (χ4v) is 2.13. The SMILES string of the molecule is Cc1cc(C(=O)Nc2ccc(C(=O)O)s2)ccn1. The molecule has 6 heteroatoms. The second kappa shape index (κ2) is 4.97. The summed E-state index contributed by atoms with van der Waals surface area (Å²) in [7, 11) is 0. The molecule has 0 aliphatic heterocycles. The molecule has 18 heavy (non-hydrogen) atoms. The fraction of sp³-hybridized carbons (Fsp3) is 0.0833. The van der Waals surface area contributed by atoms with E-state index in [0.717, 1.165) is 17.0 Å². The van der Waals surface area contributed by atoms with E-state index in [-0.39, 0.29) is 10.8 Å². The van der Waals surface area contributed by atoms with Crippen LogP contribution in [0.2, 0.25) is 0 Å². The van der Waals surface area contributed by atoms with Gasteiger partial charge in [-0.25, -0.2) is 4.79 Å². The third-order valence-electron chi connectivity index (χ3n) is 2.21. The van der Waals surface area contributed by atoms with Crippen LogP contribution in [0.25, 0.3) is 0 Å². The number of carboxylic acid groups (broad SMARTS) is 1. The van der Waals surface area contributed by atoms with E-state index in [1.807, 2.05) is 0 Å². The average molecular weight is 262 g/mol. The first-order chi connectivity index (χ1) is 8.56. The number of anilines is 1. The Hall–Kier alpha value is -2.21. The summed E-state index contributed by atoms with van der Waals surface area (Å²) in [6, 6.07) is 6.30. The third kappa shape index (κ3) is 2.72. The topological polar surface area (TPSA) is 79.3 Å². The monoisotopic (exact) mass is 262 g/mol. The van der Waals surface area contributed by atoms with E-state index in [2.05, 4.69) is 10.3 Å². The zero-order valence-electron chi connectivity index (χ0n) is 9.51. The summed E-state index contributed by atoms with van der Waals surface area (Å²) in [5.74, 6) is -1.28. The largest absolute Gasteiger partial charge is 0.477 e. The van der Waals surface area contributed by atoms with Gasteiger partial charge in [-0.3, -0.25) is 9.78 Å². The minimum absolute atomic E-state index is 0.191. The maximum Gasteiger partial charge on any atom is 0.345 e. The Morgan fingerprint density at radius 1 is 1.33 bits per heavy atom. The van der Waals surface area contributed by atoms with Gasteiger partial charge in [0, 0.05) is 17.5 Å². The van der Waals surface area contributed by atoms with Crippen molar-refractivity contribution in [1.82, 2.24) is 4.98 Å². The number of nitrogens with one attached hydrogen (secondary N) is 1. The molecule has 2 heterocycles. The van der Waals surface area contributed by atoms with Gasteiger partial charge in [-0.2, -0.15) is 0 Å². The summed E-state index contributed by atoms with van der Waals surface area (Å²) in [4.78, 5) is 26.8. The Labute approximate surface area is 107 Å². The number of hydrogen-bond acceptors (Lipinski definition) is 4. The number of nitrogens with zero attached hydrogens (tertiary/aromatic N) is 1. The molecule has 92 valence electrons. The normalized spacial score (nSPS) is 10.1. The quantitative estimate of drug-likeness (QED) is 0.890. The minimum Gasteiger partial charge on any atom is -0.477 e.